The highest BCUT2D eigenvalue weighted by molar-refractivity contribution is 8.02. The van der Waals surface area contributed by atoms with Crippen LogP contribution in [-0.2, 0) is 4.79 Å². The molecule has 0 saturated heterocycles. The molecule has 3 N–H and O–H groups in total. The van der Waals surface area contributed by atoms with Crippen molar-refractivity contribution in [3.8, 4) is 0 Å². The van der Waals surface area contributed by atoms with Crippen LogP contribution in [0.4, 0.5) is 11.4 Å². The van der Waals surface area contributed by atoms with Gasteiger partial charge in [-0.2, -0.15) is 0 Å². The van der Waals surface area contributed by atoms with E-state index in [1.165, 1.54) is 11.1 Å². The average Bonchev–Trinajstić information content (AvgIpc) is 3.27. The molecule has 29 heavy (non-hydrogen) atoms. The fraction of sp³-hybridized carbons (Fsp3) is 0.333. The third-order valence-corrected chi connectivity index (χ3v) is 5.98. The van der Waals surface area contributed by atoms with E-state index in [0.717, 1.165) is 43.4 Å². The molecule has 0 radical (unpaired) electrons. The number of Topliss-reactive ketones (excluding diaryl/α,β-unsaturated/α-hetero) is 1. The molecular formula is C24H28N2O2S. The van der Waals surface area contributed by atoms with Gasteiger partial charge in [0.25, 0.3) is 0 Å². The monoisotopic (exact) mass is 408 g/mol. The van der Waals surface area contributed by atoms with E-state index in [1.807, 2.05) is 36.0 Å². The normalized spacial score (nSPS) is 13.2. The molecule has 152 valence electrons. The number of rotatable bonds is 10. The maximum atomic E-state index is 12.4. The predicted molar refractivity (Wildman–Crippen MR) is 123 cm³/mol. The minimum Gasteiger partial charge on any atom is -0.397 e. The Bertz CT molecular complexity index is 875. The van der Waals surface area contributed by atoms with Crippen molar-refractivity contribution in [3.63, 3.8) is 0 Å². The number of thioether (sulfide) groups is 1. The van der Waals surface area contributed by atoms with Gasteiger partial charge in [0.2, 0.25) is 5.91 Å². The maximum Gasteiger partial charge on any atom is 0.224 e. The Balaban J connectivity index is 1.30. The zero-order valence-electron chi connectivity index (χ0n) is 16.7. The van der Waals surface area contributed by atoms with Crippen LogP contribution in [0.1, 0.15) is 60.9 Å². The zero-order valence-corrected chi connectivity index (χ0v) is 17.5. The van der Waals surface area contributed by atoms with E-state index in [0.29, 0.717) is 24.2 Å². The number of allylic oxidation sites excluding steroid dienone is 1. The summed E-state index contributed by atoms with van der Waals surface area (Å²) in [7, 11) is 0. The Morgan fingerprint density at radius 2 is 1.66 bits per heavy atom. The number of benzene rings is 2. The van der Waals surface area contributed by atoms with E-state index in [4.69, 9.17) is 5.73 Å². The summed E-state index contributed by atoms with van der Waals surface area (Å²) in [4.78, 5) is 24.3. The van der Waals surface area contributed by atoms with Crippen LogP contribution in [0.5, 0.6) is 0 Å². The molecule has 1 aliphatic heterocycles. The van der Waals surface area contributed by atoms with Gasteiger partial charge in [-0.1, -0.05) is 49.2 Å². The van der Waals surface area contributed by atoms with Crippen molar-refractivity contribution in [2.75, 3.05) is 16.8 Å². The van der Waals surface area contributed by atoms with Gasteiger partial charge in [-0.3, -0.25) is 9.59 Å². The molecule has 2 aromatic rings. The molecule has 0 atom stereocenters. The van der Waals surface area contributed by atoms with Crippen molar-refractivity contribution in [2.24, 2.45) is 0 Å². The number of amides is 1. The molecule has 1 aliphatic rings. The van der Waals surface area contributed by atoms with Crippen LogP contribution in [0.3, 0.4) is 0 Å². The zero-order chi connectivity index (χ0) is 20.5. The smallest absolute Gasteiger partial charge is 0.224 e. The molecule has 0 unspecified atom stereocenters. The van der Waals surface area contributed by atoms with Crippen molar-refractivity contribution < 1.29 is 9.59 Å². The molecule has 3 rings (SSSR count). The van der Waals surface area contributed by atoms with Gasteiger partial charge < -0.3 is 11.1 Å². The summed E-state index contributed by atoms with van der Waals surface area (Å²) in [6.45, 7) is 0. The van der Waals surface area contributed by atoms with E-state index in [2.05, 4.69) is 22.9 Å². The minimum absolute atomic E-state index is 0.0187. The largest absolute Gasteiger partial charge is 0.397 e. The first kappa shape index (κ1) is 21.2. The van der Waals surface area contributed by atoms with Crippen LogP contribution in [0.2, 0.25) is 0 Å². The molecule has 1 amide bonds. The lowest BCUT2D eigenvalue weighted by molar-refractivity contribution is -0.116. The summed E-state index contributed by atoms with van der Waals surface area (Å²) in [5, 5.41) is 5.06. The molecule has 1 heterocycles. The lowest BCUT2D eigenvalue weighted by Gasteiger charge is -2.07. The fourth-order valence-corrected chi connectivity index (χ4v) is 4.27. The van der Waals surface area contributed by atoms with Crippen LogP contribution < -0.4 is 11.1 Å². The first-order chi connectivity index (χ1) is 14.1. The van der Waals surface area contributed by atoms with Gasteiger partial charge in [-0.25, -0.2) is 0 Å². The first-order valence-corrected chi connectivity index (χ1v) is 11.3. The summed E-state index contributed by atoms with van der Waals surface area (Å²) >= 11 is 1.85. The van der Waals surface area contributed by atoms with Gasteiger partial charge in [0.05, 0.1) is 11.4 Å². The highest BCUT2D eigenvalue weighted by Gasteiger charge is 2.10. The molecule has 0 saturated carbocycles. The molecule has 0 spiro atoms. The topological polar surface area (TPSA) is 72.2 Å². The average molecular weight is 409 g/mol. The summed E-state index contributed by atoms with van der Waals surface area (Å²) in [5.41, 5.74) is 10.5. The van der Waals surface area contributed by atoms with Crippen molar-refractivity contribution in [1.29, 1.82) is 0 Å². The lowest BCUT2D eigenvalue weighted by Crippen LogP contribution is -2.12. The highest BCUT2D eigenvalue weighted by Crippen LogP contribution is 2.30. The van der Waals surface area contributed by atoms with Gasteiger partial charge >= 0.3 is 0 Å². The van der Waals surface area contributed by atoms with Gasteiger partial charge in [0.15, 0.2) is 5.78 Å². The number of unbranched alkanes of at least 4 members (excludes halogenated alkanes) is 3. The number of hydrogen-bond donors (Lipinski definition) is 2. The number of nitrogen functional groups attached to an aromatic ring is 1. The fourth-order valence-electron chi connectivity index (χ4n) is 3.36. The Hall–Kier alpha value is -2.53. The van der Waals surface area contributed by atoms with Crippen LogP contribution in [0.25, 0.3) is 5.57 Å². The SMILES string of the molecule is Nc1ccccc1NC(=O)CCCCCCC(=O)c1ccc(C2=CSCC2)cc1. The van der Waals surface area contributed by atoms with Crippen molar-refractivity contribution in [1.82, 2.24) is 0 Å². The number of carbonyl (C=O) groups is 2. The van der Waals surface area contributed by atoms with E-state index >= 15 is 0 Å². The quantitative estimate of drug-likeness (QED) is 0.291. The first-order valence-electron chi connectivity index (χ1n) is 10.2. The number of carbonyl (C=O) groups excluding carboxylic acids is 2. The molecule has 2 aromatic carbocycles. The second-order valence-corrected chi connectivity index (χ2v) is 8.29. The van der Waals surface area contributed by atoms with Crippen molar-refractivity contribution in [2.45, 2.75) is 44.9 Å². The van der Waals surface area contributed by atoms with Gasteiger partial charge in [0, 0.05) is 24.2 Å². The van der Waals surface area contributed by atoms with E-state index in [-0.39, 0.29) is 11.7 Å². The standard InChI is InChI=1S/C24H28N2O2S/c25-21-7-5-6-8-22(21)26-24(28)10-4-2-1-3-9-23(27)19-13-11-18(12-14-19)20-15-16-29-17-20/h5-8,11-14,17H,1-4,9-10,15-16,25H2,(H,26,28). The number of ketones is 1. The number of anilines is 2. The van der Waals surface area contributed by atoms with E-state index in [1.54, 1.807) is 12.1 Å². The molecule has 0 fully saturated rings. The van der Waals surface area contributed by atoms with E-state index < -0.39 is 0 Å². The minimum atomic E-state index is -0.0187. The molecule has 5 heteroatoms. The van der Waals surface area contributed by atoms with E-state index in [9.17, 15) is 9.59 Å². The Kier molecular flexibility index (Phi) is 7.94. The highest BCUT2D eigenvalue weighted by atomic mass is 32.2. The van der Waals surface area contributed by atoms with Gasteiger partial charge in [-0.15, -0.1) is 11.8 Å². The number of hydrogen-bond acceptors (Lipinski definition) is 4. The van der Waals surface area contributed by atoms with Gasteiger partial charge in [0.1, 0.15) is 0 Å². The Morgan fingerprint density at radius 3 is 2.34 bits per heavy atom. The summed E-state index contributed by atoms with van der Waals surface area (Å²) in [5.74, 6) is 1.33. The number of nitrogens with one attached hydrogen (secondary N) is 1. The lowest BCUT2D eigenvalue weighted by atomic mass is 9.99. The molecule has 0 aromatic heterocycles. The summed E-state index contributed by atoms with van der Waals surface area (Å²) in [6.07, 6.45) is 5.70. The molecule has 0 bridgehead atoms. The molecule has 4 nitrogen and oxygen atoms in total. The van der Waals surface area contributed by atoms with Gasteiger partial charge in [-0.05, 0) is 47.9 Å². The third-order valence-electron chi connectivity index (χ3n) is 5.09. The van der Waals surface area contributed by atoms with Crippen molar-refractivity contribution >= 4 is 40.4 Å². The van der Waals surface area contributed by atoms with Crippen molar-refractivity contribution in [3.05, 3.63) is 65.1 Å². The molecular weight excluding hydrogens is 380 g/mol. The molecule has 0 aliphatic carbocycles. The second-order valence-electron chi connectivity index (χ2n) is 7.31. The van der Waals surface area contributed by atoms with Crippen LogP contribution in [0.15, 0.2) is 53.9 Å². The number of nitrogens with two attached hydrogens (primary N) is 1. The Labute approximate surface area is 177 Å². The Morgan fingerprint density at radius 1 is 0.931 bits per heavy atom. The second kappa shape index (κ2) is 10.9. The van der Waals surface area contributed by atoms with Crippen LogP contribution >= 0.6 is 11.8 Å². The summed E-state index contributed by atoms with van der Waals surface area (Å²) in [6, 6.07) is 15.3. The third kappa shape index (κ3) is 6.50. The van der Waals surface area contributed by atoms with Crippen LogP contribution in [-0.4, -0.2) is 17.4 Å². The number of para-hydroxylation sites is 2. The van der Waals surface area contributed by atoms with Crippen LogP contribution in [0, 0.1) is 0 Å². The predicted octanol–water partition coefficient (Wildman–Crippen LogP) is 5.91. The summed E-state index contributed by atoms with van der Waals surface area (Å²) < 4.78 is 0. The maximum absolute atomic E-state index is 12.4.